The number of benzene rings is 2. The number of ether oxygens (including phenoxy) is 2. The van der Waals surface area contributed by atoms with Crippen LogP contribution in [0.5, 0.6) is 0 Å². The standard InChI is InChI=1S/C24H22F3N3O5/c25-24(26,27)19-5-2-1-4-17(19)20-10-14-7-8-15(11-18(14)22(32)29-20)30-12-16(35-23(30)33)13-34-21(31)6-3-9-28/h1-2,4-5,7-8,10-11,16H,3,6,9,12-13,28H2,(H,29,32). The number of cyclic esters (lactones) is 1. The molecule has 4 rings (SSSR count). The second kappa shape index (κ2) is 9.79. The minimum atomic E-state index is -4.59. The first-order valence-corrected chi connectivity index (χ1v) is 10.8. The highest BCUT2D eigenvalue weighted by molar-refractivity contribution is 5.94. The second-order valence-corrected chi connectivity index (χ2v) is 8.02. The zero-order valence-corrected chi connectivity index (χ0v) is 18.4. The van der Waals surface area contributed by atoms with Crippen LogP contribution in [-0.2, 0) is 20.4 Å². The average Bonchev–Trinajstić information content (AvgIpc) is 3.21. The van der Waals surface area contributed by atoms with Gasteiger partial charge in [0, 0.05) is 28.8 Å². The number of aromatic amines is 1. The van der Waals surface area contributed by atoms with Gasteiger partial charge in [-0.15, -0.1) is 0 Å². The number of hydrogen-bond donors (Lipinski definition) is 2. The van der Waals surface area contributed by atoms with Gasteiger partial charge in [-0.25, -0.2) is 4.79 Å². The number of esters is 1. The third-order valence-electron chi connectivity index (χ3n) is 5.55. The van der Waals surface area contributed by atoms with Gasteiger partial charge in [0.2, 0.25) is 0 Å². The molecule has 1 atom stereocenters. The van der Waals surface area contributed by atoms with E-state index >= 15 is 0 Å². The molecule has 1 unspecified atom stereocenters. The van der Waals surface area contributed by atoms with Crippen molar-refractivity contribution in [3.63, 3.8) is 0 Å². The Bertz CT molecular complexity index is 1320. The van der Waals surface area contributed by atoms with Crippen molar-refractivity contribution in [2.24, 2.45) is 5.73 Å². The first kappa shape index (κ1) is 24.3. The zero-order valence-electron chi connectivity index (χ0n) is 18.4. The number of anilines is 1. The summed E-state index contributed by atoms with van der Waals surface area (Å²) in [4.78, 5) is 40.6. The Kier molecular flexibility index (Phi) is 6.79. The third-order valence-corrected chi connectivity index (χ3v) is 5.55. The molecule has 0 spiro atoms. The molecule has 1 aliphatic heterocycles. The van der Waals surface area contributed by atoms with Gasteiger partial charge in [0.1, 0.15) is 6.61 Å². The van der Waals surface area contributed by atoms with Gasteiger partial charge in [0.15, 0.2) is 6.10 Å². The maximum Gasteiger partial charge on any atom is 0.417 e. The SMILES string of the molecule is NCCCC(=O)OCC1CN(c2ccc3cc(-c4ccccc4C(F)(F)F)[nH]c(=O)c3c2)C(=O)O1. The van der Waals surface area contributed by atoms with Crippen molar-refractivity contribution in [2.75, 3.05) is 24.6 Å². The van der Waals surface area contributed by atoms with Crippen LogP contribution in [-0.4, -0.2) is 42.8 Å². The van der Waals surface area contributed by atoms with E-state index in [4.69, 9.17) is 15.2 Å². The molecule has 0 bridgehead atoms. The number of carbonyl (C=O) groups excluding carboxylic acids is 2. The summed E-state index contributed by atoms with van der Waals surface area (Å²) in [6.45, 7) is 0.351. The van der Waals surface area contributed by atoms with Gasteiger partial charge >= 0.3 is 18.2 Å². The molecule has 1 fully saturated rings. The summed E-state index contributed by atoms with van der Waals surface area (Å²) in [5.41, 5.74) is 4.15. The Labute approximate surface area is 197 Å². The Balaban J connectivity index is 1.57. The van der Waals surface area contributed by atoms with Gasteiger partial charge in [-0.1, -0.05) is 24.3 Å². The lowest BCUT2D eigenvalue weighted by molar-refractivity contribution is -0.146. The molecular weight excluding hydrogens is 467 g/mol. The quantitative estimate of drug-likeness (QED) is 0.488. The number of nitrogens with one attached hydrogen (secondary N) is 1. The number of hydrogen-bond acceptors (Lipinski definition) is 6. The summed E-state index contributed by atoms with van der Waals surface area (Å²) in [5, 5.41) is 0.600. The lowest BCUT2D eigenvalue weighted by atomic mass is 10.0. The molecule has 1 aromatic heterocycles. The summed E-state index contributed by atoms with van der Waals surface area (Å²) in [6.07, 6.45) is -5.27. The molecule has 1 aliphatic rings. The number of fused-ring (bicyclic) bond motifs is 1. The summed E-state index contributed by atoms with van der Waals surface area (Å²) in [5.74, 6) is -0.440. The summed E-state index contributed by atoms with van der Waals surface area (Å²) in [7, 11) is 0. The molecule has 1 saturated heterocycles. The molecule has 3 aromatic rings. The lowest BCUT2D eigenvalue weighted by Crippen LogP contribution is -2.26. The van der Waals surface area contributed by atoms with Crippen LogP contribution in [0.25, 0.3) is 22.0 Å². The molecule has 0 radical (unpaired) electrons. The average molecular weight is 489 g/mol. The fraction of sp³-hybridized carbons (Fsp3) is 0.292. The third kappa shape index (κ3) is 5.29. The topological polar surface area (TPSA) is 115 Å². The van der Waals surface area contributed by atoms with Gasteiger partial charge in [0.05, 0.1) is 12.1 Å². The molecule has 0 aliphatic carbocycles. The highest BCUT2D eigenvalue weighted by Crippen LogP contribution is 2.36. The number of H-pyrrole nitrogens is 1. The molecular formula is C24H22F3N3O5. The van der Waals surface area contributed by atoms with Crippen molar-refractivity contribution in [1.29, 1.82) is 0 Å². The van der Waals surface area contributed by atoms with Crippen LogP contribution < -0.4 is 16.2 Å². The predicted molar refractivity (Wildman–Crippen MR) is 122 cm³/mol. The van der Waals surface area contributed by atoms with Gasteiger partial charge in [-0.2, -0.15) is 13.2 Å². The second-order valence-electron chi connectivity index (χ2n) is 8.02. The molecule has 3 N–H and O–H groups in total. The summed E-state index contributed by atoms with van der Waals surface area (Å²) >= 11 is 0. The Morgan fingerprint density at radius 3 is 2.69 bits per heavy atom. The summed E-state index contributed by atoms with van der Waals surface area (Å²) < 4.78 is 50.6. The molecule has 0 saturated carbocycles. The maximum atomic E-state index is 13.4. The molecule has 8 nitrogen and oxygen atoms in total. The smallest absolute Gasteiger partial charge is 0.417 e. The Morgan fingerprint density at radius 2 is 1.94 bits per heavy atom. The van der Waals surface area contributed by atoms with Crippen molar-refractivity contribution < 1.29 is 32.2 Å². The van der Waals surface area contributed by atoms with E-state index in [1.807, 2.05) is 0 Å². The molecule has 35 heavy (non-hydrogen) atoms. The van der Waals surface area contributed by atoms with E-state index in [1.54, 1.807) is 12.1 Å². The van der Waals surface area contributed by atoms with Crippen molar-refractivity contribution in [1.82, 2.24) is 4.98 Å². The number of aromatic nitrogens is 1. The van der Waals surface area contributed by atoms with Crippen LogP contribution in [0.3, 0.4) is 0 Å². The Morgan fingerprint density at radius 1 is 1.17 bits per heavy atom. The minimum absolute atomic E-state index is 0.0280. The van der Waals surface area contributed by atoms with E-state index in [-0.39, 0.29) is 36.2 Å². The number of pyridine rings is 1. The fourth-order valence-electron chi connectivity index (χ4n) is 3.85. The fourth-order valence-corrected chi connectivity index (χ4v) is 3.85. The predicted octanol–water partition coefficient (Wildman–Crippen LogP) is 3.82. The number of halogens is 3. The van der Waals surface area contributed by atoms with E-state index in [9.17, 15) is 27.6 Å². The lowest BCUT2D eigenvalue weighted by Gasteiger charge is -2.15. The van der Waals surface area contributed by atoms with Crippen LogP contribution in [0.15, 0.2) is 53.3 Å². The van der Waals surface area contributed by atoms with Crippen LogP contribution >= 0.6 is 0 Å². The first-order valence-electron chi connectivity index (χ1n) is 10.8. The van der Waals surface area contributed by atoms with Gasteiger partial charge in [0.25, 0.3) is 5.56 Å². The van der Waals surface area contributed by atoms with Crippen LogP contribution in [0.4, 0.5) is 23.7 Å². The number of amides is 1. The largest absolute Gasteiger partial charge is 0.462 e. The normalized spacial score (nSPS) is 15.9. The van der Waals surface area contributed by atoms with Crippen molar-refractivity contribution in [3.8, 4) is 11.3 Å². The number of nitrogens with zero attached hydrogens (tertiary/aromatic N) is 1. The first-order chi connectivity index (χ1) is 16.7. The molecule has 11 heteroatoms. The van der Waals surface area contributed by atoms with Gasteiger partial charge in [-0.3, -0.25) is 14.5 Å². The van der Waals surface area contributed by atoms with E-state index in [1.165, 1.54) is 35.2 Å². The van der Waals surface area contributed by atoms with Crippen LogP contribution in [0.1, 0.15) is 18.4 Å². The van der Waals surface area contributed by atoms with Crippen LogP contribution in [0, 0.1) is 0 Å². The van der Waals surface area contributed by atoms with E-state index in [0.717, 1.165) is 6.07 Å². The monoisotopic (exact) mass is 489 g/mol. The zero-order chi connectivity index (χ0) is 25.2. The highest BCUT2D eigenvalue weighted by Gasteiger charge is 2.34. The van der Waals surface area contributed by atoms with E-state index in [0.29, 0.717) is 24.0 Å². The number of alkyl halides is 3. The van der Waals surface area contributed by atoms with Crippen molar-refractivity contribution in [3.05, 3.63) is 64.4 Å². The molecule has 1 amide bonds. The van der Waals surface area contributed by atoms with Crippen molar-refractivity contribution >= 4 is 28.5 Å². The van der Waals surface area contributed by atoms with Crippen LogP contribution in [0.2, 0.25) is 0 Å². The van der Waals surface area contributed by atoms with E-state index < -0.39 is 35.5 Å². The van der Waals surface area contributed by atoms with Gasteiger partial charge < -0.3 is 20.2 Å². The van der Waals surface area contributed by atoms with E-state index in [2.05, 4.69) is 4.98 Å². The number of nitrogens with two attached hydrogens (primary N) is 1. The highest BCUT2D eigenvalue weighted by atomic mass is 19.4. The molecule has 184 valence electrons. The minimum Gasteiger partial charge on any atom is -0.462 e. The van der Waals surface area contributed by atoms with Crippen molar-refractivity contribution in [2.45, 2.75) is 25.1 Å². The Hall–Kier alpha value is -3.86. The van der Waals surface area contributed by atoms with Gasteiger partial charge in [-0.05, 0) is 42.6 Å². The summed E-state index contributed by atoms with van der Waals surface area (Å²) in [6, 6.07) is 11.0. The maximum absolute atomic E-state index is 13.4. The number of rotatable bonds is 7. The molecule has 2 aromatic carbocycles. The molecule has 2 heterocycles. The number of carbonyl (C=O) groups is 2.